The number of anilines is 3. The first-order chi connectivity index (χ1) is 43.2. The smallest absolute Gasteiger partial charge is 0.164 e. The van der Waals surface area contributed by atoms with Crippen LogP contribution in [0, 0.1) is 0 Å². The van der Waals surface area contributed by atoms with Gasteiger partial charge in [-0.1, -0.05) is 237 Å². The Bertz CT molecular complexity index is 5050. The third-order valence-corrected chi connectivity index (χ3v) is 16.7. The molecular weight excluding hydrogens is 1060 g/mol. The standard InChI is InChI=1S/C81H54N6/c1-9-27-55(28-10-1)60-49-61(56-29-11-2-12-30-56)51-62(50-60)80-82-79(59-35-17-5-18-36-59)83-81(84-80)63-52-71(57-31-13-3-14-32-57)77(72(53-63)58-33-15-4-16-34-58)85(64-37-19-6-20-38-64)67-45-46-68-69-47-48-74-76(78(69)87(75(68)54-67)66-41-23-8-24-42-66)70-43-25-26-44-73(70)86(74)65-39-21-7-22-40-65/h1-54H. The summed E-state index contributed by atoms with van der Waals surface area (Å²) in [7, 11) is 0. The number of benzene rings is 13. The summed E-state index contributed by atoms with van der Waals surface area (Å²) >= 11 is 0. The van der Waals surface area contributed by atoms with Crippen molar-refractivity contribution in [1.82, 2.24) is 24.1 Å². The van der Waals surface area contributed by atoms with Gasteiger partial charge in [-0.25, -0.2) is 15.0 Å². The van der Waals surface area contributed by atoms with Crippen molar-refractivity contribution in [2.24, 2.45) is 0 Å². The van der Waals surface area contributed by atoms with E-state index < -0.39 is 0 Å². The molecule has 3 heterocycles. The first-order valence-corrected chi connectivity index (χ1v) is 29.5. The van der Waals surface area contributed by atoms with Gasteiger partial charge in [0.25, 0.3) is 0 Å². The van der Waals surface area contributed by atoms with Crippen LogP contribution in [0.15, 0.2) is 328 Å². The van der Waals surface area contributed by atoms with Gasteiger partial charge >= 0.3 is 0 Å². The van der Waals surface area contributed by atoms with Gasteiger partial charge in [0.05, 0.1) is 27.8 Å². The fourth-order valence-corrected chi connectivity index (χ4v) is 12.8. The molecule has 0 aliphatic heterocycles. The Labute approximate surface area is 504 Å². The Morgan fingerprint density at radius 2 is 0.655 bits per heavy atom. The Balaban J connectivity index is 0.966. The van der Waals surface area contributed by atoms with Crippen LogP contribution in [0.3, 0.4) is 0 Å². The second-order valence-electron chi connectivity index (χ2n) is 21.9. The maximum absolute atomic E-state index is 5.54. The summed E-state index contributed by atoms with van der Waals surface area (Å²) in [5.74, 6) is 1.73. The van der Waals surface area contributed by atoms with Crippen molar-refractivity contribution in [3.63, 3.8) is 0 Å². The fraction of sp³-hybridized carbons (Fsp3) is 0. The van der Waals surface area contributed by atoms with Crippen LogP contribution >= 0.6 is 0 Å². The van der Waals surface area contributed by atoms with Gasteiger partial charge in [-0.15, -0.1) is 0 Å². The number of para-hydroxylation sites is 4. The molecule has 16 aromatic rings. The molecule has 408 valence electrons. The van der Waals surface area contributed by atoms with Gasteiger partial charge in [0.1, 0.15) is 0 Å². The predicted molar refractivity (Wildman–Crippen MR) is 361 cm³/mol. The van der Waals surface area contributed by atoms with Crippen molar-refractivity contribution in [3.05, 3.63) is 328 Å². The van der Waals surface area contributed by atoms with Crippen molar-refractivity contribution in [2.75, 3.05) is 4.90 Å². The van der Waals surface area contributed by atoms with E-state index in [0.717, 1.165) is 117 Å². The van der Waals surface area contributed by atoms with Gasteiger partial charge < -0.3 is 14.0 Å². The number of aromatic nitrogens is 5. The Morgan fingerprint density at radius 1 is 0.241 bits per heavy atom. The molecule has 0 saturated heterocycles. The number of nitrogens with zero attached hydrogens (tertiary/aromatic N) is 6. The molecule has 13 aromatic carbocycles. The quantitative estimate of drug-likeness (QED) is 0.122. The van der Waals surface area contributed by atoms with Crippen LogP contribution in [0.4, 0.5) is 17.1 Å². The number of fused-ring (bicyclic) bond motifs is 7. The Hall–Kier alpha value is -11.7. The van der Waals surface area contributed by atoms with Crippen molar-refractivity contribution >= 4 is 60.7 Å². The zero-order chi connectivity index (χ0) is 57.6. The van der Waals surface area contributed by atoms with E-state index in [2.05, 4.69) is 323 Å². The van der Waals surface area contributed by atoms with Crippen LogP contribution in [0.1, 0.15) is 0 Å². The van der Waals surface area contributed by atoms with Gasteiger partial charge in [0.15, 0.2) is 17.5 Å². The molecule has 0 bridgehead atoms. The molecule has 0 spiro atoms. The molecular formula is C81H54N6. The molecule has 0 fully saturated rings. The van der Waals surface area contributed by atoms with E-state index in [1.165, 1.54) is 16.2 Å². The molecule has 6 heteroatoms. The summed E-state index contributed by atoms with van der Waals surface area (Å²) in [6.07, 6.45) is 0. The van der Waals surface area contributed by atoms with Crippen LogP contribution in [-0.4, -0.2) is 24.1 Å². The van der Waals surface area contributed by atoms with Crippen molar-refractivity contribution < 1.29 is 0 Å². The molecule has 87 heavy (non-hydrogen) atoms. The summed E-state index contributed by atoms with van der Waals surface area (Å²) in [4.78, 5) is 18.8. The lowest BCUT2D eigenvalue weighted by atomic mass is 9.91. The monoisotopic (exact) mass is 1110 g/mol. The first kappa shape index (κ1) is 51.0. The van der Waals surface area contributed by atoms with E-state index in [0.29, 0.717) is 17.5 Å². The molecule has 0 N–H and O–H groups in total. The largest absolute Gasteiger partial charge is 0.309 e. The highest BCUT2D eigenvalue weighted by Crippen LogP contribution is 2.51. The fourth-order valence-electron chi connectivity index (χ4n) is 12.8. The molecule has 0 atom stereocenters. The first-order valence-electron chi connectivity index (χ1n) is 29.5. The molecule has 0 saturated carbocycles. The zero-order valence-corrected chi connectivity index (χ0v) is 47.4. The highest BCUT2D eigenvalue weighted by molar-refractivity contribution is 6.26. The summed E-state index contributed by atoms with van der Waals surface area (Å²) in [5.41, 5.74) is 20.9. The van der Waals surface area contributed by atoms with Crippen LogP contribution < -0.4 is 4.90 Å². The van der Waals surface area contributed by atoms with Gasteiger partial charge in [-0.05, 0) is 124 Å². The molecule has 0 aliphatic rings. The summed E-state index contributed by atoms with van der Waals surface area (Å²) in [5, 5.41) is 4.76. The molecule has 3 aromatic heterocycles. The van der Waals surface area contributed by atoms with Crippen LogP contribution in [-0.2, 0) is 0 Å². The maximum Gasteiger partial charge on any atom is 0.164 e. The second-order valence-corrected chi connectivity index (χ2v) is 21.9. The van der Waals surface area contributed by atoms with Crippen molar-refractivity contribution in [2.45, 2.75) is 0 Å². The van der Waals surface area contributed by atoms with Gasteiger partial charge in [0.2, 0.25) is 0 Å². The molecule has 6 nitrogen and oxygen atoms in total. The average molecular weight is 1110 g/mol. The number of hydrogen-bond donors (Lipinski definition) is 0. The van der Waals surface area contributed by atoms with E-state index in [1.807, 2.05) is 18.2 Å². The minimum Gasteiger partial charge on any atom is -0.309 e. The Morgan fingerprint density at radius 3 is 1.20 bits per heavy atom. The second kappa shape index (κ2) is 21.8. The number of rotatable bonds is 12. The van der Waals surface area contributed by atoms with Crippen molar-refractivity contribution in [3.8, 4) is 90.0 Å². The van der Waals surface area contributed by atoms with Crippen molar-refractivity contribution in [1.29, 1.82) is 0 Å². The van der Waals surface area contributed by atoms with E-state index in [9.17, 15) is 0 Å². The van der Waals surface area contributed by atoms with E-state index >= 15 is 0 Å². The highest BCUT2D eigenvalue weighted by atomic mass is 15.2. The van der Waals surface area contributed by atoms with Crippen LogP contribution in [0.2, 0.25) is 0 Å². The molecule has 0 unspecified atom stereocenters. The van der Waals surface area contributed by atoms with E-state index in [1.54, 1.807) is 0 Å². The SMILES string of the molecule is c1ccc(-c2cc(-c3ccccc3)cc(-c3nc(-c4ccccc4)nc(-c4cc(-c5ccccc5)c(N(c5ccccc5)c5ccc6c7ccc8c(c9ccccc9n8-c8ccccc8)c7n(-c7ccccc7)c6c5)c(-c5ccccc5)c4)n3)c2)cc1. The van der Waals surface area contributed by atoms with Crippen LogP contribution in [0.25, 0.3) is 134 Å². The Kier molecular flexibility index (Phi) is 12.8. The third-order valence-electron chi connectivity index (χ3n) is 16.7. The number of hydrogen-bond acceptors (Lipinski definition) is 4. The predicted octanol–water partition coefficient (Wildman–Crippen LogP) is 21.2. The molecule has 0 amide bonds. The minimum atomic E-state index is 0.561. The summed E-state index contributed by atoms with van der Waals surface area (Å²) in [6, 6.07) is 117. The minimum absolute atomic E-state index is 0.561. The van der Waals surface area contributed by atoms with Gasteiger partial charge in [-0.3, -0.25) is 0 Å². The van der Waals surface area contributed by atoms with E-state index in [-0.39, 0.29) is 0 Å². The average Bonchev–Trinajstić information content (AvgIpc) is 1.67. The summed E-state index contributed by atoms with van der Waals surface area (Å²) < 4.78 is 4.90. The lowest BCUT2D eigenvalue weighted by molar-refractivity contribution is 1.07. The van der Waals surface area contributed by atoms with Crippen LogP contribution in [0.5, 0.6) is 0 Å². The topological polar surface area (TPSA) is 51.8 Å². The van der Waals surface area contributed by atoms with Gasteiger partial charge in [0, 0.05) is 72.1 Å². The lowest BCUT2D eigenvalue weighted by Crippen LogP contribution is -2.13. The van der Waals surface area contributed by atoms with E-state index in [4.69, 9.17) is 15.0 Å². The molecule has 16 rings (SSSR count). The maximum atomic E-state index is 5.54. The summed E-state index contributed by atoms with van der Waals surface area (Å²) in [6.45, 7) is 0. The molecule has 0 aliphatic carbocycles. The third kappa shape index (κ3) is 9.21. The normalized spacial score (nSPS) is 11.4. The lowest BCUT2D eigenvalue weighted by Gasteiger charge is -2.31. The van der Waals surface area contributed by atoms with Gasteiger partial charge in [-0.2, -0.15) is 0 Å². The zero-order valence-electron chi connectivity index (χ0n) is 47.4. The highest BCUT2D eigenvalue weighted by Gasteiger charge is 2.27. The molecule has 0 radical (unpaired) electrons.